The smallest absolute Gasteiger partial charge is 0.414 e. The number of aromatic nitrogens is 2. The van der Waals surface area contributed by atoms with Crippen LogP contribution in [-0.2, 0) is 16.0 Å². The first-order chi connectivity index (χ1) is 17.0. The number of rotatable bonds is 8. The molecule has 2 aromatic heterocycles. The van der Waals surface area contributed by atoms with Crippen LogP contribution in [0.25, 0.3) is 11.0 Å². The largest absolute Gasteiger partial charge is 0.481 e. The van der Waals surface area contributed by atoms with E-state index in [9.17, 15) is 14.0 Å². The summed E-state index contributed by atoms with van der Waals surface area (Å²) in [6, 6.07) is 8.89. The minimum Gasteiger partial charge on any atom is -0.481 e. The molecule has 1 atom stereocenters. The van der Waals surface area contributed by atoms with Gasteiger partial charge in [-0.1, -0.05) is 0 Å². The second-order valence-corrected chi connectivity index (χ2v) is 9.23. The molecule has 35 heavy (non-hydrogen) atoms. The number of benzene rings is 1. The highest BCUT2D eigenvalue weighted by atomic mass is 32.2. The third-order valence-electron chi connectivity index (χ3n) is 5.99. The van der Waals surface area contributed by atoms with Crippen molar-refractivity contribution in [2.45, 2.75) is 23.8 Å². The number of methoxy groups -OCH3 is 1. The van der Waals surface area contributed by atoms with E-state index >= 15 is 0 Å². The number of thioether (sulfide) groups is 1. The van der Waals surface area contributed by atoms with Crippen LogP contribution in [0.2, 0.25) is 0 Å². The number of pyridine rings is 2. The van der Waals surface area contributed by atoms with Crippen molar-refractivity contribution in [3.05, 3.63) is 47.9 Å². The lowest BCUT2D eigenvalue weighted by Crippen LogP contribution is -2.36. The van der Waals surface area contributed by atoms with Gasteiger partial charge >= 0.3 is 6.09 Å². The fraction of sp³-hybridized carbons (Fsp3) is 0.333. The SMILES string of the molecule is COc1ccc2ncc(F)c(CCNCC[C@H]3COC(=O)N3c3ccc4c(c3)NC(=O)CS4)c2n1. The van der Waals surface area contributed by atoms with E-state index in [-0.39, 0.29) is 18.6 Å². The van der Waals surface area contributed by atoms with Crippen LogP contribution in [-0.4, -0.2) is 60.6 Å². The molecule has 0 aliphatic carbocycles. The van der Waals surface area contributed by atoms with E-state index in [1.54, 1.807) is 17.0 Å². The molecule has 0 spiro atoms. The van der Waals surface area contributed by atoms with Crippen molar-refractivity contribution in [3.8, 4) is 5.88 Å². The van der Waals surface area contributed by atoms with Crippen molar-refractivity contribution in [1.29, 1.82) is 0 Å². The number of anilines is 2. The van der Waals surface area contributed by atoms with Crippen LogP contribution in [0.15, 0.2) is 41.4 Å². The quantitative estimate of drug-likeness (QED) is 0.457. The van der Waals surface area contributed by atoms with Crippen molar-refractivity contribution in [2.24, 2.45) is 0 Å². The van der Waals surface area contributed by atoms with Gasteiger partial charge < -0.3 is 20.1 Å². The molecule has 182 valence electrons. The maximum Gasteiger partial charge on any atom is 0.414 e. The average Bonchev–Trinajstić information content (AvgIpc) is 3.24. The predicted molar refractivity (Wildman–Crippen MR) is 131 cm³/mol. The summed E-state index contributed by atoms with van der Waals surface area (Å²) in [5, 5.41) is 6.18. The summed E-state index contributed by atoms with van der Waals surface area (Å²) >= 11 is 1.47. The highest BCUT2D eigenvalue weighted by Crippen LogP contribution is 2.36. The van der Waals surface area contributed by atoms with Gasteiger partial charge in [0.15, 0.2) is 0 Å². The van der Waals surface area contributed by atoms with E-state index in [2.05, 4.69) is 20.6 Å². The molecule has 1 saturated heterocycles. The summed E-state index contributed by atoms with van der Waals surface area (Å²) in [5.41, 5.74) is 2.97. The second-order valence-electron chi connectivity index (χ2n) is 8.21. The van der Waals surface area contributed by atoms with E-state index < -0.39 is 11.9 Å². The Bertz CT molecular complexity index is 1290. The van der Waals surface area contributed by atoms with Crippen molar-refractivity contribution >= 4 is 46.2 Å². The molecule has 0 radical (unpaired) electrons. The zero-order chi connectivity index (χ0) is 24.4. The molecular weight excluding hydrogens is 473 g/mol. The van der Waals surface area contributed by atoms with Crippen LogP contribution in [0, 0.1) is 5.82 Å². The summed E-state index contributed by atoms with van der Waals surface area (Å²) in [4.78, 5) is 35.2. The highest BCUT2D eigenvalue weighted by Gasteiger charge is 2.34. The van der Waals surface area contributed by atoms with Crippen molar-refractivity contribution in [2.75, 3.05) is 42.8 Å². The average molecular weight is 498 g/mol. The lowest BCUT2D eigenvalue weighted by molar-refractivity contribution is -0.113. The fourth-order valence-electron chi connectivity index (χ4n) is 4.25. The fourth-order valence-corrected chi connectivity index (χ4v) is 5.03. The van der Waals surface area contributed by atoms with Gasteiger partial charge in [-0.3, -0.25) is 14.7 Å². The first kappa shape index (κ1) is 23.3. The number of cyclic esters (lactones) is 1. The van der Waals surface area contributed by atoms with Gasteiger partial charge in [0.05, 0.1) is 41.8 Å². The number of fused-ring (bicyclic) bond motifs is 2. The summed E-state index contributed by atoms with van der Waals surface area (Å²) in [6.45, 7) is 1.42. The van der Waals surface area contributed by atoms with Gasteiger partial charge in [0.2, 0.25) is 11.8 Å². The van der Waals surface area contributed by atoms with E-state index in [4.69, 9.17) is 9.47 Å². The summed E-state index contributed by atoms with van der Waals surface area (Å²) in [7, 11) is 1.52. The maximum atomic E-state index is 14.5. The van der Waals surface area contributed by atoms with Crippen LogP contribution in [0.4, 0.5) is 20.6 Å². The number of carbonyl (C=O) groups excluding carboxylic acids is 2. The standard InChI is InChI=1S/C24H24FN5O4S/c1-33-22-5-3-18-23(29-22)16(17(25)11-27-18)7-9-26-8-6-15-12-34-24(32)30(15)14-2-4-20-19(10-14)28-21(31)13-35-20/h2-5,10-11,15,26H,6-9,12-13H2,1H3,(H,28,31)/t15-/m0/s1. The summed E-state index contributed by atoms with van der Waals surface area (Å²) < 4.78 is 24.9. The topological polar surface area (TPSA) is 106 Å². The molecule has 0 bridgehead atoms. The zero-order valence-corrected chi connectivity index (χ0v) is 19.9. The third-order valence-corrected chi connectivity index (χ3v) is 7.06. The monoisotopic (exact) mass is 497 g/mol. The number of ether oxygens (including phenoxy) is 2. The lowest BCUT2D eigenvalue weighted by Gasteiger charge is -2.24. The summed E-state index contributed by atoms with van der Waals surface area (Å²) in [5.74, 6) is 0.329. The van der Waals surface area contributed by atoms with Crippen LogP contribution in [0.5, 0.6) is 5.88 Å². The first-order valence-electron chi connectivity index (χ1n) is 11.2. The molecule has 2 aliphatic heterocycles. The maximum absolute atomic E-state index is 14.5. The van der Waals surface area contributed by atoms with Crippen LogP contribution >= 0.6 is 11.8 Å². The normalized spacial score (nSPS) is 17.3. The Hall–Kier alpha value is -3.44. The molecule has 1 aromatic carbocycles. The van der Waals surface area contributed by atoms with Gasteiger partial charge in [0, 0.05) is 22.2 Å². The van der Waals surface area contributed by atoms with E-state index in [0.29, 0.717) is 65.5 Å². The Morgan fingerprint density at radius 1 is 1.29 bits per heavy atom. The lowest BCUT2D eigenvalue weighted by atomic mass is 10.1. The number of halogens is 1. The van der Waals surface area contributed by atoms with Crippen LogP contribution in [0.3, 0.4) is 0 Å². The highest BCUT2D eigenvalue weighted by molar-refractivity contribution is 8.00. The Morgan fingerprint density at radius 2 is 2.17 bits per heavy atom. The van der Waals surface area contributed by atoms with Gasteiger partial charge in [-0.15, -0.1) is 11.8 Å². The van der Waals surface area contributed by atoms with Gasteiger partial charge in [0.1, 0.15) is 12.4 Å². The molecule has 0 unspecified atom stereocenters. The number of nitrogens with one attached hydrogen (secondary N) is 2. The number of nitrogens with zero attached hydrogens (tertiary/aromatic N) is 3. The Labute approximate surface area is 205 Å². The van der Waals surface area contributed by atoms with E-state index in [1.165, 1.54) is 25.1 Å². The van der Waals surface area contributed by atoms with Gasteiger partial charge in [-0.2, -0.15) is 0 Å². The number of hydrogen-bond donors (Lipinski definition) is 2. The van der Waals surface area contributed by atoms with Crippen LogP contribution < -0.4 is 20.3 Å². The first-order valence-corrected chi connectivity index (χ1v) is 12.2. The van der Waals surface area contributed by atoms with E-state index in [0.717, 1.165) is 4.90 Å². The molecule has 11 heteroatoms. The van der Waals surface area contributed by atoms with Gasteiger partial charge in [-0.05, 0) is 50.2 Å². The molecule has 9 nitrogen and oxygen atoms in total. The van der Waals surface area contributed by atoms with Crippen LogP contribution in [0.1, 0.15) is 12.0 Å². The molecule has 5 rings (SSSR count). The summed E-state index contributed by atoms with van der Waals surface area (Å²) in [6.07, 6.45) is 1.88. The zero-order valence-electron chi connectivity index (χ0n) is 19.0. The Kier molecular flexibility index (Phi) is 6.69. The Morgan fingerprint density at radius 3 is 3.03 bits per heavy atom. The minimum atomic E-state index is -0.407. The second kappa shape index (κ2) is 10.0. The molecule has 1 fully saturated rings. The van der Waals surface area contributed by atoms with Gasteiger partial charge in [-0.25, -0.2) is 14.2 Å². The van der Waals surface area contributed by atoms with Crippen molar-refractivity contribution in [1.82, 2.24) is 15.3 Å². The Balaban J connectivity index is 1.20. The molecular formula is C24H24FN5O4S. The molecule has 2 aliphatic rings. The number of hydrogen-bond acceptors (Lipinski definition) is 8. The molecule has 4 heterocycles. The number of amides is 2. The molecule has 2 amide bonds. The molecule has 0 saturated carbocycles. The van der Waals surface area contributed by atoms with Crippen molar-refractivity contribution < 1.29 is 23.5 Å². The molecule has 3 aromatic rings. The minimum absolute atomic E-state index is 0.0588. The van der Waals surface area contributed by atoms with Gasteiger partial charge in [0.25, 0.3) is 0 Å². The van der Waals surface area contributed by atoms with Crippen molar-refractivity contribution in [3.63, 3.8) is 0 Å². The van der Waals surface area contributed by atoms with E-state index in [1.807, 2.05) is 18.2 Å². The predicted octanol–water partition coefficient (Wildman–Crippen LogP) is 3.37. The number of carbonyl (C=O) groups is 2. The third kappa shape index (κ3) is 4.87. The molecule has 2 N–H and O–H groups in total.